The summed E-state index contributed by atoms with van der Waals surface area (Å²) in [6.45, 7) is 0. The van der Waals surface area contributed by atoms with Crippen LogP contribution in [0.1, 0.15) is 10.5 Å². The summed E-state index contributed by atoms with van der Waals surface area (Å²) < 4.78 is 38.3. The van der Waals surface area contributed by atoms with Gasteiger partial charge in [-0.3, -0.25) is 9.20 Å². The van der Waals surface area contributed by atoms with Gasteiger partial charge < -0.3 is 4.90 Å². The van der Waals surface area contributed by atoms with Crippen LogP contribution in [0.4, 0.5) is 10.1 Å². The monoisotopic (exact) mass is 424 g/mol. The molecule has 2 aromatic heterocycles. The van der Waals surface area contributed by atoms with Crippen LogP contribution in [0.5, 0.6) is 0 Å². The minimum absolute atomic E-state index is 0.171. The van der Waals surface area contributed by atoms with Gasteiger partial charge in [0.15, 0.2) is 9.84 Å². The number of amides is 1. The number of hydrogen-bond donors (Lipinski definition) is 0. The van der Waals surface area contributed by atoms with Crippen molar-refractivity contribution in [3.8, 4) is 11.3 Å². The van der Waals surface area contributed by atoms with E-state index < -0.39 is 15.7 Å². The topological polar surface area (TPSA) is 84.6 Å². The van der Waals surface area contributed by atoms with Crippen LogP contribution in [0.2, 0.25) is 0 Å². The van der Waals surface area contributed by atoms with Gasteiger partial charge in [-0.05, 0) is 42.5 Å². The zero-order chi connectivity index (χ0) is 21.5. The Morgan fingerprint density at radius 2 is 1.73 bits per heavy atom. The Hall–Kier alpha value is -3.59. The van der Waals surface area contributed by atoms with Gasteiger partial charge in [-0.15, -0.1) is 0 Å². The van der Waals surface area contributed by atoms with E-state index in [1.165, 1.54) is 41.3 Å². The molecule has 0 fully saturated rings. The third kappa shape index (κ3) is 3.55. The van der Waals surface area contributed by atoms with Gasteiger partial charge in [0.05, 0.1) is 4.90 Å². The molecule has 0 aliphatic carbocycles. The summed E-state index contributed by atoms with van der Waals surface area (Å²) in [7, 11) is -1.76. The van der Waals surface area contributed by atoms with Crippen molar-refractivity contribution in [2.75, 3.05) is 18.2 Å². The van der Waals surface area contributed by atoms with Crippen LogP contribution in [0.25, 0.3) is 17.0 Å². The highest BCUT2D eigenvalue weighted by Gasteiger charge is 2.25. The van der Waals surface area contributed by atoms with E-state index in [2.05, 4.69) is 9.97 Å². The van der Waals surface area contributed by atoms with Crippen molar-refractivity contribution in [1.82, 2.24) is 14.4 Å². The number of imidazole rings is 1. The zero-order valence-electron chi connectivity index (χ0n) is 16.2. The van der Waals surface area contributed by atoms with Gasteiger partial charge in [0.1, 0.15) is 17.2 Å². The molecule has 0 aliphatic rings. The summed E-state index contributed by atoms with van der Waals surface area (Å²) in [6, 6.07) is 13.4. The van der Waals surface area contributed by atoms with Gasteiger partial charge in [-0.25, -0.2) is 22.8 Å². The molecule has 9 heteroatoms. The molecule has 0 radical (unpaired) electrons. The van der Waals surface area contributed by atoms with Crippen LogP contribution in [-0.4, -0.2) is 42.0 Å². The second-order valence-corrected chi connectivity index (χ2v) is 8.75. The lowest BCUT2D eigenvalue weighted by Crippen LogP contribution is -2.28. The van der Waals surface area contributed by atoms with Gasteiger partial charge in [-0.1, -0.05) is 12.1 Å². The summed E-state index contributed by atoms with van der Waals surface area (Å²) >= 11 is 0. The number of anilines is 1. The highest BCUT2D eigenvalue weighted by Crippen LogP contribution is 2.27. The second-order valence-electron chi connectivity index (χ2n) is 6.74. The number of carbonyl (C=O) groups is 1. The first-order valence-corrected chi connectivity index (χ1v) is 10.8. The molecule has 0 atom stereocenters. The van der Waals surface area contributed by atoms with Gasteiger partial charge in [0.2, 0.25) is 5.78 Å². The van der Waals surface area contributed by atoms with E-state index in [1.807, 2.05) is 0 Å². The Kier molecular flexibility index (Phi) is 4.83. The molecule has 2 aromatic carbocycles. The molecule has 152 valence electrons. The van der Waals surface area contributed by atoms with Gasteiger partial charge in [0, 0.05) is 36.9 Å². The molecule has 1 amide bonds. The van der Waals surface area contributed by atoms with E-state index >= 15 is 0 Å². The lowest BCUT2D eigenvalue weighted by molar-refractivity contribution is 0.0988. The fraction of sp³-hybridized carbons (Fsp3) is 0.0952. The summed E-state index contributed by atoms with van der Waals surface area (Å²) in [4.78, 5) is 23.6. The smallest absolute Gasteiger partial charge is 0.277 e. The second kappa shape index (κ2) is 7.34. The molecule has 0 unspecified atom stereocenters. The molecule has 0 bridgehead atoms. The number of aromatic nitrogens is 3. The van der Waals surface area contributed by atoms with Crippen LogP contribution in [-0.2, 0) is 9.84 Å². The van der Waals surface area contributed by atoms with Crippen molar-refractivity contribution in [3.05, 3.63) is 78.5 Å². The van der Waals surface area contributed by atoms with E-state index in [0.717, 1.165) is 6.26 Å². The Balaban J connectivity index is 1.85. The SMILES string of the molecule is CN(C(=O)c1c(-c2ccc(S(C)(=O)=O)cc2)nc2ncccn12)c1ccc(F)cc1. The number of fused-ring (bicyclic) bond motifs is 1. The number of sulfone groups is 1. The molecule has 0 saturated heterocycles. The Morgan fingerprint density at radius 3 is 2.37 bits per heavy atom. The van der Waals surface area contributed by atoms with E-state index in [-0.39, 0.29) is 16.5 Å². The van der Waals surface area contributed by atoms with Crippen LogP contribution >= 0.6 is 0 Å². The van der Waals surface area contributed by atoms with E-state index in [1.54, 1.807) is 42.0 Å². The number of hydrogen-bond acceptors (Lipinski definition) is 5. The Morgan fingerprint density at radius 1 is 1.07 bits per heavy atom. The van der Waals surface area contributed by atoms with Gasteiger partial charge in [0.25, 0.3) is 5.91 Å². The third-order valence-electron chi connectivity index (χ3n) is 4.68. The molecule has 2 heterocycles. The molecular weight excluding hydrogens is 407 g/mol. The molecule has 30 heavy (non-hydrogen) atoms. The highest BCUT2D eigenvalue weighted by molar-refractivity contribution is 7.90. The minimum Gasteiger partial charge on any atom is -0.310 e. The molecule has 0 aliphatic heterocycles. The molecule has 4 aromatic rings. The number of nitrogens with zero attached hydrogens (tertiary/aromatic N) is 4. The van der Waals surface area contributed by atoms with E-state index in [9.17, 15) is 17.6 Å². The normalized spacial score (nSPS) is 11.6. The third-order valence-corrected chi connectivity index (χ3v) is 5.81. The average Bonchev–Trinajstić information content (AvgIpc) is 3.12. The molecule has 0 saturated carbocycles. The van der Waals surface area contributed by atoms with Crippen molar-refractivity contribution in [2.45, 2.75) is 4.90 Å². The zero-order valence-corrected chi connectivity index (χ0v) is 17.0. The standard InChI is InChI=1S/C21H17FN4O3S/c1-25(16-8-6-15(22)7-9-16)20(27)19-18(24-21-23-12-3-13-26(19)21)14-4-10-17(11-5-14)30(2,28)29/h3-13H,1-2H3. The molecule has 0 N–H and O–H groups in total. The number of carbonyl (C=O) groups excluding carboxylic acids is 1. The molecule has 0 spiro atoms. The Bertz CT molecular complexity index is 1350. The van der Waals surface area contributed by atoms with Crippen molar-refractivity contribution < 1.29 is 17.6 Å². The van der Waals surface area contributed by atoms with Crippen molar-refractivity contribution in [2.24, 2.45) is 0 Å². The lowest BCUT2D eigenvalue weighted by Gasteiger charge is -2.18. The van der Waals surface area contributed by atoms with Crippen LogP contribution < -0.4 is 4.90 Å². The molecule has 7 nitrogen and oxygen atoms in total. The van der Waals surface area contributed by atoms with Crippen LogP contribution in [0.15, 0.2) is 71.9 Å². The van der Waals surface area contributed by atoms with E-state index in [0.29, 0.717) is 22.7 Å². The first kappa shape index (κ1) is 19.7. The maximum absolute atomic E-state index is 13.4. The molecular formula is C21H17FN4O3S. The summed E-state index contributed by atoms with van der Waals surface area (Å²) in [6.07, 6.45) is 4.37. The van der Waals surface area contributed by atoms with Gasteiger partial charge >= 0.3 is 0 Å². The average molecular weight is 424 g/mol. The quantitative estimate of drug-likeness (QED) is 0.502. The number of benzene rings is 2. The van der Waals surface area contributed by atoms with Gasteiger partial charge in [-0.2, -0.15) is 0 Å². The maximum atomic E-state index is 13.4. The van der Waals surface area contributed by atoms with Crippen LogP contribution in [0, 0.1) is 5.82 Å². The predicted octanol–water partition coefficient (Wildman–Crippen LogP) is 3.22. The summed E-state index contributed by atoms with van der Waals surface area (Å²) in [5.41, 5.74) is 1.71. The fourth-order valence-electron chi connectivity index (χ4n) is 3.09. The largest absolute Gasteiger partial charge is 0.310 e. The first-order valence-electron chi connectivity index (χ1n) is 8.93. The van der Waals surface area contributed by atoms with Crippen LogP contribution in [0.3, 0.4) is 0 Å². The maximum Gasteiger partial charge on any atom is 0.277 e. The minimum atomic E-state index is -3.35. The van der Waals surface area contributed by atoms with Crippen molar-refractivity contribution >= 4 is 27.2 Å². The van der Waals surface area contributed by atoms with Crippen molar-refractivity contribution in [1.29, 1.82) is 0 Å². The predicted molar refractivity (Wildman–Crippen MR) is 111 cm³/mol. The number of rotatable bonds is 4. The first-order chi connectivity index (χ1) is 14.3. The molecule has 4 rings (SSSR count). The summed E-state index contributed by atoms with van der Waals surface area (Å²) in [5, 5.41) is 0. The van der Waals surface area contributed by atoms with Crippen molar-refractivity contribution in [3.63, 3.8) is 0 Å². The van der Waals surface area contributed by atoms with E-state index in [4.69, 9.17) is 0 Å². The summed E-state index contributed by atoms with van der Waals surface area (Å²) in [5.74, 6) is -0.440. The lowest BCUT2D eigenvalue weighted by atomic mass is 10.1. The number of halogens is 1. The fourth-order valence-corrected chi connectivity index (χ4v) is 3.72. The highest BCUT2D eigenvalue weighted by atomic mass is 32.2. The Labute approximate surface area is 172 Å².